The van der Waals surface area contributed by atoms with E-state index < -0.39 is 12.1 Å². The lowest BCUT2D eigenvalue weighted by Gasteiger charge is -2.06. The van der Waals surface area contributed by atoms with Crippen LogP contribution in [0, 0.1) is 6.92 Å². The Bertz CT molecular complexity index is 1270. The minimum absolute atomic E-state index is 0.150. The highest BCUT2D eigenvalue weighted by Gasteiger charge is 2.20. The highest BCUT2D eigenvalue weighted by molar-refractivity contribution is 5.99. The monoisotopic (exact) mass is 424 g/mol. The third-order valence-corrected chi connectivity index (χ3v) is 5.22. The molecule has 0 fully saturated rings. The molecule has 9 nitrogen and oxygen atoms in total. The lowest BCUT2D eigenvalue weighted by atomic mass is 10.2. The SMILES string of the molecule is Cc1cc(-c2cn(C)c(-c3nc(C(N)=O)cc4c3cnn4C)n2)n(CCCC(C)F)n1. The van der Waals surface area contributed by atoms with Crippen LogP contribution in [0.25, 0.3) is 33.8 Å². The van der Waals surface area contributed by atoms with Crippen molar-refractivity contribution < 1.29 is 9.18 Å². The van der Waals surface area contributed by atoms with E-state index in [0.29, 0.717) is 30.9 Å². The van der Waals surface area contributed by atoms with Crippen LogP contribution in [-0.4, -0.2) is 46.2 Å². The molecule has 4 aromatic rings. The molecule has 0 saturated heterocycles. The first-order valence-electron chi connectivity index (χ1n) is 10.1. The lowest BCUT2D eigenvalue weighted by molar-refractivity contribution is 0.0996. The number of carbonyl (C=O) groups excluding carboxylic acids is 1. The van der Waals surface area contributed by atoms with E-state index in [1.54, 1.807) is 30.9 Å². The van der Waals surface area contributed by atoms with Gasteiger partial charge in [0.2, 0.25) is 0 Å². The zero-order valence-corrected chi connectivity index (χ0v) is 18.0. The maximum absolute atomic E-state index is 13.2. The molecule has 0 saturated carbocycles. The number of hydrogen-bond acceptors (Lipinski definition) is 5. The van der Waals surface area contributed by atoms with E-state index in [1.165, 1.54) is 0 Å². The molecule has 10 heteroatoms. The number of aryl methyl sites for hydroxylation is 4. The predicted molar refractivity (Wildman–Crippen MR) is 115 cm³/mol. The Labute approximate surface area is 178 Å². The molecule has 0 spiro atoms. The molecule has 0 bridgehead atoms. The predicted octanol–water partition coefficient (Wildman–Crippen LogP) is 2.78. The first-order chi connectivity index (χ1) is 14.7. The van der Waals surface area contributed by atoms with Crippen LogP contribution in [0.5, 0.6) is 0 Å². The number of hydrogen-bond donors (Lipinski definition) is 1. The Hall–Kier alpha value is -3.56. The summed E-state index contributed by atoms with van der Waals surface area (Å²) < 4.78 is 18.6. The van der Waals surface area contributed by atoms with Gasteiger partial charge in [-0.1, -0.05) is 0 Å². The van der Waals surface area contributed by atoms with E-state index in [0.717, 1.165) is 28.0 Å². The van der Waals surface area contributed by atoms with Gasteiger partial charge >= 0.3 is 0 Å². The second-order valence-electron chi connectivity index (χ2n) is 7.80. The number of carbonyl (C=O) groups is 1. The largest absolute Gasteiger partial charge is 0.364 e. The van der Waals surface area contributed by atoms with Gasteiger partial charge < -0.3 is 10.3 Å². The molecular formula is C21H25FN8O. The van der Waals surface area contributed by atoms with Crippen molar-refractivity contribution in [1.82, 2.24) is 34.1 Å². The molecule has 0 aliphatic rings. The van der Waals surface area contributed by atoms with Gasteiger partial charge in [-0.2, -0.15) is 10.2 Å². The first kappa shape index (κ1) is 20.7. The molecule has 0 aliphatic heterocycles. The number of nitrogens with two attached hydrogens (primary N) is 1. The van der Waals surface area contributed by atoms with Crippen LogP contribution in [0.2, 0.25) is 0 Å². The standard InChI is InChI=1S/C21H25FN8O/c1-12(22)6-5-7-30-18(8-13(2)27-30)16-11-28(3)21(26-16)19-14-10-24-29(4)17(14)9-15(25-19)20(23)31/h8-12H,5-7H2,1-4H3,(H2,23,31). The summed E-state index contributed by atoms with van der Waals surface area (Å²) in [6.45, 7) is 4.08. The Morgan fingerprint density at radius 2 is 2.03 bits per heavy atom. The van der Waals surface area contributed by atoms with E-state index in [4.69, 9.17) is 10.7 Å². The van der Waals surface area contributed by atoms with Crippen LogP contribution in [0.15, 0.2) is 24.5 Å². The second kappa shape index (κ2) is 7.93. The normalized spacial score (nSPS) is 12.5. The average molecular weight is 424 g/mol. The fraction of sp³-hybridized carbons (Fsp3) is 0.381. The second-order valence-corrected chi connectivity index (χ2v) is 7.80. The summed E-state index contributed by atoms with van der Waals surface area (Å²) >= 11 is 0. The summed E-state index contributed by atoms with van der Waals surface area (Å²) in [7, 11) is 3.66. The van der Waals surface area contributed by atoms with Crippen molar-refractivity contribution >= 4 is 16.8 Å². The summed E-state index contributed by atoms with van der Waals surface area (Å²) in [6.07, 6.45) is 3.91. The fourth-order valence-corrected chi connectivity index (χ4v) is 3.69. The van der Waals surface area contributed by atoms with Gasteiger partial charge in [0.15, 0.2) is 5.82 Å². The van der Waals surface area contributed by atoms with Crippen LogP contribution in [-0.2, 0) is 20.6 Å². The van der Waals surface area contributed by atoms with E-state index in [2.05, 4.69) is 15.2 Å². The third kappa shape index (κ3) is 3.92. The third-order valence-electron chi connectivity index (χ3n) is 5.22. The highest BCUT2D eigenvalue weighted by atomic mass is 19.1. The van der Waals surface area contributed by atoms with E-state index in [-0.39, 0.29) is 5.69 Å². The maximum Gasteiger partial charge on any atom is 0.267 e. The molecule has 162 valence electrons. The Kier molecular flexibility index (Phi) is 5.30. The van der Waals surface area contributed by atoms with E-state index >= 15 is 0 Å². The number of primary amides is 1. The number of pyridine rings is 1. The van der Waals surface area contributed by atoms with Gasteiger partial charge in [-0.15, -0.1) is 0 Å². The molecule has 4 rings (SSSR count). The number of alkyl halides is 1. The quantitative estimate of drug-likeness (QED) is 0.491. The van der Waals surface area contributed by atoms with Gasteiger partial charge in [0.05, 0.1) is 29.3 Å². The van der Waals surface area contributed by atoms with Gasteiger partial charge in [0.1, 0.15) is 17.1 Å². The van der Waals surface area contributed by atoms with Gasteiger partial charge in [0, 0.05) is 32.2 Å². The number of amides is 1. The molecule has 1 unspecified atom stereocenters. The zero-order chi connectivity index (χ0) is 22.3. The van der Waals surface area contributed by atoms with Gasteiger partial charge in [0.25, 0.3) is 5.91 Å². The number of fused-ring (bicyclic) bond motifs is 1. The van der Waals surface area contributed by atoms with Crippen molar-refractivity contribution in [3.05, 3.63) is 35.9 Å². The molecule has 4 heterocycles. The molecule has 2 N–H and O–H groups in total. The summed E-state index contributed by atoms with van der Waals surface area (Å²) in [6, 6.07) is 3.58. The lowest BCUT2D eigenvalue weighted by Crippen LogP contribution is -2.14. The van der Waals surface area contributed by atoms with Crippen molar-refractivity contribution in [3.8, 4) is 22.9 Å². The molecule has 1 atom stereocenters. The number of halogens is 1. The van der Waals surface area contributed by atoms with E-state index in [9.17, 15) is 9.18 Å². The Morgan fingerprint density at radius 1 is 1.26 bits per heavy atom. The van der Waals surface area contributed by atoms with Gasteiger partial charge in [-0.05, 0) is 38.8 Å². The van der Waals surface area contributed by atoms with Crippen LogP contribution >= 0.6 is 0 Å². The summed E-state index contributed by atoms with van der Waals surface area (Å²) in [5, 5.41) is 9.60. The molecule has 0 aromatic carbocycles. The summed E-state index contributed by atoms with van der Waals surface area (Å²) in [5.41, 5.74) is 9.34. The van der Waals surface area contributed by atoms with E-state index in [1.807, 2.05) is 35.5 Å². The molecular weight excluding hydrogens is 399 g/mol. The molecule has 31 heavy (non-hydrogen) atoms. The van der Waals surface area contributed by atoms with Crippen LogP contribution in [0.1, 0.15) is 35.9 Å². The number of imidazole rings is 1. The highest BCUT2D eigenvalue weighted by Crippen LogP contribution is 2.29. The number of rotatable bonds is 7. The van der Waals surface area contributed by atoms with Crippen molar-refractivity contribution in [2.45, 2.75) is 39.4 Å². The molecule has 0 aliphatic carbocycles. The van der Waals surface area contributed by atoms with Gasteiger partial charge in [-0.25, -0.2) is 14.4 Å². The van der Waals surface area contributed by atoms with Crippen LogP contribution in [0.4, 0.5) is 4.39 Å². The van der Waals surface area contributed by atoms with Crippen molar-refractivity contribution in [1.29, 1.82) is 0 Å². The maximum atomic E-state index is 13.2. The fourth-order valence-electron chi connectivity index (χ4n) is 3.69. The molecule has 4 aromatic heterocycles. The summed E-state index contributed by atoms with van der Waals surface area (Å²) in [4.78, 5) is 21.1. The minimum Gasteiger partial charge on any atom is -0.364 e. The van der Waals surface area contributed by atoms with Gasteiger partial charge in [-0.3, -0.25) is 14.2 Å². The topological polar surface area (TPSA) is 109 Å². The van der Waals surface area contributed by atoms with Crippen molar-refractivity contribution in [3.63, 3.8) is 0 Å². The number of nitrogens with zero attached hydrogens (tertiary/aromatic N) is 7. The average Bonchev–Trinajstić information content (AvgIpc) is 3.38. The smallest absolute Gasteiger partial charge is 0.267 e. The Balaban J connectivity index is 1.79. The number of aromatic nitrogens is 7. The van der Waals surface area contributed by atoms with Crippen LogP contribution < -0.4 is 5.73 Å². The molecule has 1 amide bonds. The summed E-state index contributed by atoms with van der Waals surface area (Å²) in [5.74, 6) is -0.0338. The minimum atomic E-state index is -0.841. The zero-order valence-electron chi connectivity index (χ0n) is 18.0. The first-order valence-corrected chi connectivity index (χ1v) is 10.1. The Morgan fingerprint density at radius 3 is 2.74 bits per heavy atom. The van der Waals surface area contributed by atoms with Crippen molar-refractivity contribution in [2.75, 3.05) is 0 Å². The van der Waals surface area contributed by atoms with Crippen molar-refractivity contribution in [2.24, 2.45) is 19.8 Å². The van der Waals surface area contributed by atoms with Crippen LogP contribution in [0.3, 0.4) is 0 Å². The molecule has 0 radical (unpaired) electrons.